The number of nitro groups is 1. The number of hydrogen-bond acceptors (Lipinski definition) is 6. The lowest BCUT2D eigenvalue weighted by Gasteiger charge is -2.26. The van der Waals surface area contributed by atoms with Crippen molar-refractivity contribution in [2.75, 3.05) is 18.4 Å². The van der Waals surface area contributed by atoms with E-state index in [9.17, 15) is 18.5 Å². The lowest BCUT2D eigenvalue weighted by molar-refractivity contribution is -0.384. The Morgan fingerprint density at radius 3 is 2.33 bits per heavy atom. The Hall–Kier alpha value is -2.49. The van der Waals surface area contributed by atoms with E-state index in [0.717, 1.165) is 25.7 Å². The third-order valence-corrected chi connectivity index (χ3v) is 5.49. The van der Waals surface area contributed by atoms with Gasteiger partial charge in [-0.05, 0) is 55.8 Å². The van der Waals surface area contributed by atoms with Gasteiger partial charge in [0, 0.05) is 18.3 Å². The van der Waals surface area contributed by atoms with Gasteiger partial charge in [0.1, 0.15) is 5.69 Å². The van der Waals surface area contributed by atoms with E-state index < -0.39 is 14.9 Å². The number of benzene rings is 2. The summed E-state index contributed by atoms with van der Waals surface area (Å²) in [6.07, 6.45) is 3.76. The molecule has 2 aromatic rings. The van der Waals surface area contributed by atoms with Gasteiger partial charge < -0.3 is 5.32 Å². The Balaban J connectivity index is 1.75. The molecule has 1 heterocycles. The number of sulfonamides is 1. The number of anilines is 2. The Labute approximate surface area is 158 Å². The zero-order chi connectivity index (χ0) is 19.4. The Morgan fingerprint density at radius 1 is 1.07 bits per heavy atom. The first-order valence-corrected chi connectivity index (χ1v) is 10.3. The molecule has 0 radical (unpaired) electrons. The molecule has 2 aromatic carbocycles. The molecule has 1 saturated heterocycles. The van der Waals surface area contributed by atoms with Gasteiger partial charge in [-0.2, -0.15) is 0 Å². The van der Waals surface area contributed by atoms with Crippen molar-refractivity contribution in [3.05, 3.63) is 58.1 Å². The normalized spacial score (nSPS) is 15.4. The summed E-state index contributed by atoms with van der Waals surface area (Å²) < 4.78 is 22.8. The quantitative estimate of drug-likeness (QED) is 0.578. The molecule has 27 heavy (non-hydrogen) atoms. The number of nitro benzene ring substituents is 1. The molecule has 0 aliphatic carbocycles. The summed E-state index contributed by atoms with van der Waals surface area (Å²) in [5.74, 6) is 0. The first kappa shape index (κ1) is 19.3. The van der Waals surface area contributed by atoms with Crippen LogP contribution < -0.4 is 10.5 Å². The van der Waals surface area contributed by atoms with Gasteiger partial charge in [0.25, 0.3) is 5.69 Å². The molecule has 0 atom stereocenters. The molecule has 0 unspecified atom stereocenters. The molecule has 1 aliphatic heterocycles. The zero-order valence-corrected chi connectivity index (χ0v) is 15.6. The van der Waals surface area contributed by atoms with Gasteiger partial charge >= 0.3 is 0 Å². The van der Waals surface area contributed by atoms with Crippen LogP contribution in [0, 0.1) is 10.1 Å². The van der Waals surface area contributed by atoms with Gasteiger partial charge in [0.2, 0.25) is 10.0 Å². The van der Waals surface area contributed by atoms with E-state index in [4.69, 9.17) is 5.14 Å². The fraction of sp³-hybridized carbons (Fsp3) is 0.333. The Kier molecular flexibility index (Phi) is 5.73. The molecule has 9 heteroatoms. The maximum Gasteiger partial charge on any atom is 0.294 e. The van der Waals surface area contributed by atoms with E-state index in [1.54, 1.807) is 0 Å². The maximum atomic E-state index is 11.4. The number of nitrogens with one attached hydrogen (secondary N) is 1. The van der Waals surface area contributed by atoms with E-state index >= 15 is 0 Å². The molecule has 3 rings (SSSR count). The van der Waals surface area contributed by atoms with E-state index in [1.165, 1.54) is 37.0 Å². The van der Waals surface area contributed by atoms with Crippen LogP contribution in [0.2, 0.25) is 0 Å². The summed E-state index contributed by atoms with van der Waals surface area (Å²) in [4.78, 5) is 12.8. The van der Waals surface area contributed by atoms with Crippen LogP contribution in [0.15, 0.2) is 47.4 Å². The van der Waals surface area contributed by atoms with Crippen LogP contribution in [-0.2, 0) is 16.6 Å². The number of nitrogens with two attached hydrogens (primary N) is 1. The monoisotopic (exact) mass is 390 g/mol. The van der Waals surface area contributed by atoms with Gasteiger partial charge in [0.05, 0.1) is 9.82 Å². The average Bonchev–Trinajstić information content (AvgIpc) is 2.63. The van der Waals surface area contributed by atoms with E-state index in [0.29, 0.717) is 5.69 Å². The number of primary sulfonamides is 1. The second-order valence-electron chi connectivity index (χ2n) is 6.64. The van der Waals surface area contributed by atoms with Crippen molar-refractivity contribution in [3.63, 3.8) is 0 Å². The summed E-state index contributed by atoms with van der Waals surface area (Å²) in [5, 5.41) is 19.3. The third-order valence-electron chi connectivity index (χ3n) is 4.58. The molecule has 0 amide bonds. The molecule has 0 saturated carbocycles. The van der Waals surface area contributed by atoms with E-state index in [2.05, 4.69) is 10.2 Å². The van der Waals surface area contributed by atoms with Crippen molar-refractivity contribution in [2.24, 2.45) is 5.14 Å². The molecule has 8 nitrogen and oxygen atoms in total. The van der Waals surface area contributed by atoms with Crippen LogP contribution >= 0.6 is 0 Å². The van der Waals surface area contributed by atoms with Crippen molar-refractivity contribution in [3.8, 4) is 0 Å². The minimum Gasteiger partial charge on any atom is -0.350 e. The fourth-order valence-electron chi connectivity index (χ4n) is 3.17. The van der Waals surface area contributed by atoms with Gasteiger partial charge in [-0.15, -0.1) is 0 Å². The number of nitrogens with zero attached hydrogens (tertiary/aromatic N) is 2. The van der Waals surface area contributed by atoms with Crippen LogP contribution in [0.3, 0.4) is 0 Å². The Morgan fingerprint density at radius 2 is 1.74 bits per heavy atom. The zero-order valence-electron chi connectivity index (χ0n) is 14.8. The number of rotatable bonds is 6. The first-order chi connectivity index (χ1) is 12.8. The minimum absolute atomic E-state index is 0.205. The third kappa shape index (κ3) is 5.03. The summed E-state index contributed by atoms with van der Waals surface area (Å²) in [5.41, 5.74) is 1.72. The van der Waals surface area contributed by atoms with E-state index in [1.807, 2.05) is 24.3 Å². The molecular formula is C18H22N4O4S. The highest BCUT2D eigenvalue weighted by Crippen LogP contribution is 2.30. The highest BCUT2D eigenvalue weighted by molar-refractivity contribution is 7.89. The first-order valence-electron chi connectivity index (χ1n) is 8.72. The standard InChI is InChI=1S/C18H22N4O4S/c19-27(25,26)16-8-9-17(18(12-16)22(23)24)20-15-6-4-14(5-7-15)13-21-10-2-1-3-11-21/h4-9,12,20H,1-3,10-11,13H2,(H2,19,25,26). The average molecular weight is 390 g/mol. The van der Waals surface area contributed by atoms with Crippen molar-refractivity contribution >= 4 is 27.1 Å². The van der Waals surface area contributed by atoms with Crippen molar-refractivity contribution in [2.45, 2.75) is 30.7 Å². The van der Waals surface area contributed by atoms with Crippen molar-refractivity contribution in [1.29, 1.82) is 0 Å². The Bertz CT molecular complexity index is 923. The van der Waals surface area contributed by atoms with Gasteiger partial charge in [0.15, 0.2) is 0 Å². The van der Waals surface area contributed by atoms with Crippen molar-refractivity contribution < 1.29 is 13.3 Å². The minimum atomic E-state index is -4.01. The number of likely N-dealkylation sites (tertiary alicyclic amines) is 1. The second-order valence-corrected chi connectivity index (χ2v) is 8.20. The highest BCUT2D eigenvalue weighted by atomic mass is 32.2. The highest BCUT2D eigenvalue weighted by Gasteiger charge is 2.19. The second kappa shape index (κ2) is 8.03. The summed E-state index contributed by atoms with van der Waals surface area (Å²) in [6.45, 7) is 3.12. The summed E-state index contributed by atoms with van der Waals surface area (Å²) >= 11 is 0. The van der Waals surface area contributed by atoms with Gasteiger partial charge in [-0.1, -0.05) is 18.6 Å². The number of piperidine rings is 1. The SMILES string of the molecule is NS(=O)(=O)c1ccc(Nc2ccc(CN3CCCCC3)cc2)c([N+](=O)[O-])c1. The van der Waals surface area contributed by atoms with Gasteiger partial charge in [-0.3, -0.25) is 15.0 Å². The molecular weight excluding hydrogens is 368 g/mol. The molecule has 0 spiro atoms. The van der Waals surface area contributed by atoms with Crippen LogP contribution in [-0.4, -0.2) is 31.3 Å². The summed E-state index contributed by atoms with van der Waals surface area (Å²) in [7, 11) is -4.01. The molecule has 1 fully saturated rings. The van der Waals surface area contributed by atoms with Crippen LogP contribution in [0.5, 0.6) is 0 Å². The lowest BCUT2D eigenvalue weighted by atomic mass is 10.1. The summed E-state index contributed by atoms with van der Waals surface area (Å²) in [6, 6.07) is 11.2. The molecule has 144 valence electrons. The smallest absolute Gasteiger partial charge is 0.294 e. The molecule has 3 N–H and O–H groups in total. The predicted octanol–water partition coefficient (Wildman–Crippen LogP) is 2.97. The topological polar surface area (TPSA) is 119 Å². The van der Waals surface area contributed by atoms with E-state index in [-0.39, 0.29) is 16.3 Å². The maximum absolute atomic E-state index is 11.4. The molecule has 1 aliphatic rings. The van der Waals surface area contributed by atoms with Crippen LogP contribution in [0.25, 0.3) is 0 Å². The molecule has 0 bridgehead atoms. The lowest BCUT2D eigenvalue weighted by Crippen LogP contribution is -2.29. The van der Waals surface area contributed by atoms with Gasteiger partial charge in [-0.25, -0.2) is 13.6 Å². The largest absolute Gasteiger partial charge is 0.350 e. The van der Waals surface area contributed by atoms with Crippen LogP contribution in [0.4, 0.5) is 17.1 Å². The molecule has 0 aromatic heterocycles. The van der Waals surface area contributed by atoms with Crippen molar-refractivity contribution in [1.82, 2.24) is 4.90 Å². The predicted molar refractivity (Wildman–Crippen MR) is 103 cm³/mol. The number of hydrogen-bond donors (Lipinski definition) is 2. The van der Waals surface area contributed by atoms with Crippen LogP contribution in [0.1, 0.15) is 24.8 Å². The fourth-order valence-corrected chi connectivity index (χ4v) is 3.70.